The summed E-state index contributed by atoms with van der Waals surface area (Å²) in [5, 5.41) is 0. The van der Waals surface area contributed by atoms with E-state index in [1.807, 2.05) is 29.4 Å². The number of nitrogens with two attached hydrogens (primary N) is 1. The highest BCUT2D eigenvalue weighted by Gasteiger charge is 2.21. The zero-order valence-electron chi connectivity index (χ0n) is 10.8. The highest BCUT2D eigenvalue weighted by molar-refractivity contribution is 7.98. The Balaban J connectivity index is 1.98. The van der Waals surface area contributed by atoms with Crippen molar-refractivity contribution in [1.82, 2.24) is 4.90 Å². The SMILES string of the molecule is CSc1ccccc1CC(=O)N1CCC(N)CC1. The van der Waals surface area contributed by atoms with Gasteiger partial charge in [-0.05, 0) is 30.7 Å². The van der Waals surface area contributed by atoms with E-state index >= 15 is 0 Å². The lowest BCUT2D eigenvalue weighted by atomic mass is 10.0. The van der Waals surface area contributed by atoms with Gasteiger partial charge in [-0.25, -0.2) is 0 Å². The van der Waals surface area contributed by atoms with Crippen LogP contribution in [-0.2, 0) is 11.2 Å². The maximum Gasteiger partial charge on any atom is 0.227 e. The largest absolute Gasteiger partial charge is 0.342 e. The number of thioether (sulfide) groups is 1. The van der Waals surface area contributed by atoms with Gasteiger partial charge in [-0.2, -0.15) is 0 Å². The van der Waals surface area contributed by atoms with Crippen LogP contribution < -0.4 is 5.73 Å². The lowest BCUT2D eigenvalue weighted by Crippen LogP contribution is -2.43. The second-order valence-electron chi connectivity index (χ2n) is 4.71. The molecule has 0 aliphatic carbocycles. The highest BCUT2D eigenvalue weighted by atomic mass is 32.2. The van der Waals surface area contributed by atoms with Gasteiger partial charge in [-0.15, -0.1) is 11.8 Å². The molecule has 0 unspecified atom stereocenters. The number of carbonyl (C=O) groups is 1. The third-order valence-corrected chi connectivity index (χ3v) is 4.26. The smallest absolute Gasteiger partial charge is 0.227 e. The summed E-state index contributed by atoms with van der Waals surface area (Å²) >= 11 is 1.69. The maximum atomic E-state index is 12.2. The van der Waals surface area contributed by atoms with Gasteiger partial charge in [0.25, 0.3) is 0 Å². The summed E-state index contributed by atoms with van der Waals surface area (Å²) in [4.78, 5) is 15.4. The second kappa shape index (κ2) is 6.25. The van der Waals surface area contributed by atoms with Gasteiger partial charge in [0.05, 0.1) is 6.42 Å². The molecule has 2 N–H and O–H groups in total. The molecule has 0 atom stereocenters. The Kier molecular flexibility index (Phi) is 4.66. The number of rotatable bonds is 3. The maximum absolute atomic E-state index is 12.2. The third-order valence-electron chi connectivity index (χ3n) is 3.43. The van der Waals surface area contributed by atoms with E-state index in [2.05, 4.69) is 6.07 Å². The molecule has 1 saturated heterocycles. The van der Waals surface area contributed by atoms with Crippen LogP contribution in [-0.4, -0.2) is 36.2 Å². The van der Waals surface area contributed by atoms with Crippen LogP contribution in [0.4, 0.5) is 0 Å². The van der Waals surface area contributed by atoms with E-state index in [1.54, 1.807) is 11.8 Å². The van der Waals surface area contributed by atoms with Crippen molar-refractivity contribution >= 4 is 17.7 Å². The number of benzene rings is 1. The molecule has 1 fully saturated rings. The van der Waals surface area contributed by atoms with Gasteiger partial charge in [0.2, 0.25) is 5.91 Å². The van der Waals surface area contributed by atoms with Gasteiger partial charge in [-0.3, -0.25) is 4.79 Å². The predicted octanol–water partition coefficient (Wildman–Crippen LogP) is 1.90. The van der Waals surface area contributed by atoms with Crippen LogP contribution in [0.1, 0.15) is 18.4 Å². The number of carbonyl (C=O) groups excluding carboxylic acids is 1. The van der Waals surface area contributed by atoms with Crippen molar-refractivity contribution in [2.75, 3.05) is 19.3 Å². The van der Waals surface area contributed by atoms with Crippen molar-refractivity contribution in [1.29, 1.82) is 0 Å². The van der Waals surface area contributed by atoms with E-state index in [9.17, 15) is 4.79 Å². The van der Waals surface area contributed by atoms with Gasteiger partial charge in [0.15, 0.2) is 0 Å². The number of hydrogen-bond donors (Lipinski definition) is 1. The first kappa shape index (κ1) is 13.4. The van der Waals surface area contributed by atoms with Crippen LogP contribution in [0.25, 0.3) is 0 Å². The first-order valence-corrected chi connectivity index (χ1v) is 7.58. The van der Waals surface area contributed by atoms with Gasteiger partial charge < -0.3 is 10.6 Å². The van der Waals surface area contributed by atoms with E-state index in [1.165, 1.54) is 4.90 Å². The molecule has 1 aliphatic rings. The third kappa shape index (κ3) is 3.27. The molecular weight excluding hydrogens is 244 g/mol. The topological polar surface area (TPSA) is 46.3 Å². The van der Waals surface area contributed by atoms with Crippen LogP contribution >= 0.6 is 11.8 Å². The fourth-order valence-corrected chi connectivity index (χ4v) is 2.89. The Morgan fingerprint density at radius 1 is 1.39 bits per heavy atom. The fraction of sp³-hybridized carbons (Fsp3) is 0.500. The summed E-state index contributed by atoms with van der Waals surface area (Å²) in [5.41, 5.74) is 6.98. The standard InChI is InChI=1S/C14H20N2OS/c1-18-13-5-3-2-4-11(13)10-14(17)16-8-6-12(15)7-9-16/h2-5,12H,6-10,15H2,1H3. The molecule has 1 aliphatic heterocycles. The summed E-state index contributed by atoms with van der Waals surface area (Å²) in [6, 6.07) is 8.39. The molecule has 1 aromatic carbocycles. The minimum Gasteiger partial charge on any atom is -0.342 e. The van der Waals surface area contributed by atoms with Crippen LogP contribution in [0.2, 0.25) is 0 Å². The molecule has 18 heavy (non-hydrogen) atoms. The molecule has 0 aromatic heterocycles. The van der Waals surface area contributed by atoms with Crippen LogP contribution in [0.3, 0.4) is 0 Å². The monoisotopic (exact) mass is 264 g/mol. The van der Waals surface area contributed by atoms with Crippen LogP contribution in [0, 0.1) is 0 Å². The Morgan fingerprint density at radius 3 is 2.72 bits per heavy atom. The fourth-order valence-electron chi connectivity index (χ4n) is 2.27. The molecule has 98 valence electrons. The number of amides is 1. The lowest BCUT2D eigenvalue weighted by Gasteiger charge is -2.30. The van der Waals surface area contributed by atoms with E-state index in [4.69, 9.17) is 5.73 Å². The summed E-state index contributed by atoms with van der Waals surface area (Å²) < 4.78 is 0. The average Bonchev–Trinajstić information content (AvgIpc) is 2.40. The lowest BCUT2D eigenvalue weighted by molar-refractivity contribution is -0.131. The van der Waals surface area contributed by atoms with E-state index in [0.717, 1.165) is 31.5 Å². The Hall–Kier alpha value is -1.00. The molecule has 1 amide bonds. The molecule has 0 spiro atoms. The molecule has 0 radical (unpaired) electrons. The van der Waals surface area contributed by atoms with Gasteiger partial charge >= 0.3 is 0 Å². The zero-order chi connectivity index (χ0) is 13.0. The van der Waals surface area contributed by atoms with Crippen molar-refractivity contribution in [3.63, 3.8) is 0 Å². The molecular formula is C14H20N2OS. The molecule has 0 saturated carbocycles. The number of likely N-dealkylation sites (tertiary alicyclic amines) is 1. The predicted molar refractivity (Wildman–Crippen MR) is 75.7 cm³/mol. The van der Waals surface area contributed by atoms with Crippen molar-refractivity contribution in [2.24, 2.45) is 5.73 Å². The minimum atomic E-state index is 0.225. The van der Waals surface area contributed by atoms with Crippen molar-refractivity contribution in [3.05, 3.63) is 29.8 Å². The van der Waals surface area contributed by atoms with E-state index in [0.29, 0.717) is 6.42 Å². The summed E-state index contributed by atoms with van der Waals surface area (Å²) in [6.07, 6.45) is 4.40. The summed E-state index contributed by atoms with van der Waals surface area (Å²) in [6.45, 7) is 1.61. The van der Waals surface area contributed by atoms with Crippen LogP contribution in [0.15, 0.2) is 29.2 Å². The van der Waals surface area contributed by atoms with Gasteiger partial charge in [-0.1, -0.05) is 18.2 Å². The first-order valence-electron chi connectivity index (χ1n) is 6.36. The molecule has 1 aromatic rings. The Labute approximate surface area is 113 Å². The molecule has 3 nitrogen and oxygen atoms in total. The van der Waals surface area contributed by atoms with Crippen molar-refractivity contribution in [3.8, 4) is 0 Å². The van der Waals surface area contributed by atoms with Gasteiger partial charge in [0, 0.05) is 24.0 Å². The Morgan fingerprint density at radius 2 is 2.06 bits per heavy atom. The van der Waals surface area contributed by atoms with Crippen molar-refractivity contribution < 1.29 is 4.79 Å². The van der Waals surface area contributed by atoms with E-state index in [-0.39, 0.29) is 11.9 Å². The van der Waals surface area contributed by atoms with Gasteiger partial charge in [0.1, 0.15) is 0 Å². The zero-order valence-corrected chi connectivity index (χ0v) is 11.6. The van der Waals surface area contributed by atoms with Crippen LogP contribution in [0.5, 0.6) is 0 Å². The highest BCUT2D eigenvalue weighted by Crippen LogP contribution is 2.21. The molecule has 4 heteroatoms. The molecule has 0 bridgehead atoms. The quantitative estimate of drug-likeness (QED) is 0.848. The number of nitrogens with zero attached hydrogens (tertiary/aromatic N) is 1. The van der Waals surface area contributed by atoms with E-state index < -0.39 is 0 Å². The number of piperidine rings is 1. The first-order chi connectivity index (χ1) is 8.70. The Bertz CT molecular complexity index is 414. The normalized spacial score (nSPS) is 16.9. The number of hydrogen-bond acceptors (Lipinski definition) is 3. The second-order valence-corrected chi connectivity index (χ2v) is 5.55. The summed E-state index contributed by atoms with van der Waals surface area (Å²) in [5.74, 6) is 0.225. The molecule has 1 heterocycles. The summed E-state index contributed by atoms with van der Waals surface area (Å²) in [7, 11) is 0. The average molecular weight is 264 g/mol. The van der Waals surface area contributed by atoms with Crippen molar-refractivity contribution in [2.45, 2.75) is 30.2 Å². The molecule has 2 rings (SSSR count). The minimum absolute atomic E-state index is 0.225.